The van der Waals surface area contributed by atoms with Crippen LogP contribution in [0.25, 0.3) is 0 Å². The van der Waals surface area contributed by atoms with Crippen molar-refractivity contribution in [3.05, 3.63) is 60.1 Å². The van der Waals surface area contributed by atoms with E-state index in [9.17, 15) is 29.1 Å². The lowest BCUT2D eigenvalue weighted by Crippen LogP contribution is -2.53. The first-order valence-corrected chi connectivity index (χ1v) is 12.7. The number of hydrogen-bond acceptors (Lipinski definition) is 7. The zero-order valence-corrected chi connectivity index (χ0v) is 21.1. The number of nitrogens with two attached hydrogens (primary N) is 1. The number of nitrogens with one attached hydrogen (secondary N) is 2. The van der Waals surface area contributed by atoms with Crippen molar-refractivity contribution in [2.24, 2.45) is 11.7 Å². The molecule has 0 unspecified atom stereocenters. The van der Waals surface area contributed by atoms with Crippen molar-refractivity contribution >= 4 is 29.6 Å². The first-order valence-electron chi connectivity index (χ1n) is 12.7. The van der Waals surface area contributed by atoms with Gasteiger partial charge in [-0.1, -0.05) is 62.4 Å². The maximum atomic E-state index is 13.1. The van der Waals surface area contributed by atoms with Crippen LogP contribution in [0, 0.1) is 5.92 Å². The highest BCUT2D eigenvalue weighted by molar-refractivity contribution is 6.07. The first kappa shape index (κ1) is 28.6. The third-order valence-corrected chi connectivity index (χ3v) is 6.59. The van der Waals surface area contributed by atoms with Gasteiger partial charge in [0.2, 0.25) is 17.7 Å². The van der Waals surface area contributed by atoms with Crippen molar-refractivity contribution in [2.75, 3.05) is 13.1 Å². The topological polar surface area (TPSA) is 172 Å². The van der Waals surface area contributed by atoms with Crippen LogP contribution in [-0.4, -0.2) is 64.8 Å². The molecule has 11 heteroatoms. The molecular weight excluding hydrogens is 492 g/mol. The predicted molar refractivity (Wildman–Crippen MR) is 137 cm³/mol. The molecule has 204 valence electrons. The molecule has 1 aliphatic carbocycles. The Morgan fingerprint density at radius 1 is 0.974 bits per heavy atom. The summed E-state index contributed by atoms with van der Waals surface area (Å²) in [6, 6.07) is 9.69. The Labute approximate surface area is 220 Å². The number of furan rings is 1. The molecule has 1 aromatic carbocycles. The van der Waals surface area contributed by atoms with Crippen LogP contribution in [0.3, 0.4) is 0 Å². The lowest BCUT2D eigenvalue weighted by molar-refractivity contribution is -0.148. The lowest BCUT2D eigenvalue weighted by Gasteiger charge is -2.31. The zero-order valence-electron chi connectivity index (χ0n) is 21.1. The molecule has 1 heterocycles. The van der Waals surface area contributed by atoms with E-state index in [1.807, 2.05) is 30.3 Å². The minimum atomic E-state index is -1.41. The average Bonchev–Trinajstić information content (AvgIpc) is 3.46. The van der Waals surface area contributed by atoms with Gasteiger partial charge in [-0.2, -0.15) is 0 Å². The van der Waals surface area contributed by atoms with Crippen molar-refractivity contribution in [3.63, 3.8) is 0 Å². The summed E-state index contributed by atoms with van der Waals surface area (Å²) < 4.78 is 5.12. The summed E-state index contributed by atoms with van der Waals surface area (Å²) in [6.45, 7) is -1.07. The Bertz CT molecular complexity index is 1100. The monoisotopic (exact) mass is 526 g/mol. The number of carbonyl (C=O) groups is 5. The van der Waals surface area contributed by atoms with Gasteiger partial charge in [-0.05, 0) is 36.5 Å². The Balaban J connectivity index is 1.59. The molecular formula is C27H34N4O7. The second-order valence-corrected chi connectivity index (χ2v) is 9.43. The highest BCUT2D eigenvalue weighted by Crippen LogP contribution is 2.29. The van der Waals surface area contributed by atoms with Crippen molar-refractivity contribution in [2.45, 2.75) is 57.0 Å². The van der Waals surface area contributed by atoms with Gasteiger partial charge in [0.1, 0.15) is 6.04 Å². The van der Waals surface area contributed by atoms with E-state index in [1.165, 1.54) is 18.4 Å². The molecule has 0 bridgehead atoms. The van der Waals surface area contributed by atoms with Gasteiger partial charge < -0.3 is 25.9 Å². The Morgan fingerprint density at radius 3 is 2.32 bits per heavy atom. The number of imide groups is 1. The summed E-state index contributed by atoms with van der Waals surface area (Å²) >= 11 is 0. The summed E-state index contributed by atoms with van der Waals surface area (Å²) in [5.41, 5.74) is 6.78. The van der Waals surface area contributed by atoms with E-state index in [1.54, 1.807) is 0 Å². The summed E-state index contributed by atoms with van der Waals surface area (Å²) in [4.78, 5) is 63.6. The van der Waals surface area contributed by atoms with Crippen LogP contribution >= 0.6 is 0 Å². The van der Waals surface area contributed by atoms with E-state index in [4.69, 9.17) is 10.2 Å². The lowest BCUT2D eigenvalue weighted by atomic mass is 9.84. The Hall–Kier alpha value is -3.99. The number of carboxylic acid groups (broad SMARTS) is 1. The number of amides is 4. The smallest absolute Gasteiger partial charge is 0.326 e. The molecule has 2 aromatic rings. The molecule has 1 aliphatic rings. The fourth-order valence-corrected chi connectivity index (χ4v) is 4.58. The largest absolute Gasteiger partial charge is 0.480 e. The minimum Gasteiger partial charge on any atom is -0.480 e. The fraction of sp³-hybridized carbons (Fsp3) is 0.444. The highest BCUT2D eigenvalue weighted by Gasteiger charge is 2.38. The number of carbonyl (C=O) groups excluding carboxylic acids is 4. The van der Waals surface area contributed by atoms with Crippen LogP contribution in [0.5, 0.6) is 0 Å². The van der Waals surface area contributed by atoms with Crippen LogP contribution in [0.15, 0.2) is 53.1 Å². The van der Waals surface area contributed by atoms with E-state index >= 15 is 0 Å². The van der Waals surface area contributed by atoms with E-state index in [2.05, 4.69) is 10.6 Å². The number of rotatable bonds is 12. The first-order chi connectivity index (χ1) is 18.3. The van der Waals surface area contributed by atoms with Gasteiger partial charge >= 0.3 is 5.97 Å². The Kier molecular flexibility index (Phi) is 10.6. The molecule has 0 spiro atoms. The van der Waals surface area contributed by atoms with Gasteiger partial charge in [0.05, 0.1) is 25.4 Å². The minimum absolute atomic E-state index is 0.0643. The van der Waals surface area contributed by atoms with Gasteiger partial charge in [-0.25, -0.2) is 4.79 Å². The van der Waals surface area contributed by atoms with Gasteiger partial charge in [0, 0.05) is 0 Å². The van der Waals surface area contributed by atoms with E-state index in [0.717, 1.165) is 37.7 Å². The van der Waals surface area contributed by atoms with Gasteiger partial charge in [0.15, 0.2) is 5.76 Å². The molecule has 3 rings (SSSR count). The third kappa shape index (κ3) is 8.27. The number of benzene rings is 1. The standard InChI is InChI=1S/C27H34N4O7/c28-20(14-18-8-3-1-4-9-18)25(34)30-16-23(32)29-17-24(33)31(26(35)22-12-7-13-38-22)21(27(36)37)15-19-10-5-2-6-11-19/h1,3-4,7-9,12-13,19-21H,2,5-6,10-11,14-17,28H2,(H,29,32)(H,30,34)(H,36,37)/t20-,21-/m0/s1. The normalized spacial score (nSPS) is 15.2. The molecule has 11 nitrogen and oxygen atoms in total. The van der Waals surface area contributed by atoms with Gasteiger partial charge in [0.25, 0.3) is 5.91 Å². The van der Waals surface area contributed by atoms with Crippen molar-refractivity contribution in [1.29, 1.82) is 0 Å². The van der Waals surface area contributed by atoms with Gasteiger partial charge in [-0.3, -0.25) is 24.1 Å². The van der Waals surface area contributed by atoms with E-state index in [-0.39, 0.29) is 24.5 Å². The molecule has 1 fully saturated rings. The zero-order chi connectivity index (χ0) is 27.5. The molecule has 38 heavy (non-hydrogen) atoms. The van der Waals surface area contributed by atoms with Crippen LogP contribution < -0.4 is 16.4 Å². The molecule has 4 amide bonds. The van der Waals surface area contributed by atoms with E-state index in [0.29, 0.717) is 4.90 Å². The summed E-state index contributed by atoms with van der Waals surface area (Å²) in [5.74, 6) is -4.44. The summed E-state index contributed by atoms with van der Waals surface area (Å²) in [7, 11) is 0. The molecule has 0 aliphatic heterocycles. The maximum absolute atomic E-state index is 13.1. The predicted octanol–water partition coefficient (Wildman–Crippen LogP) is 1.47. The quantitative estimate of drug-likeness (QED) is 0.322. The molecule has 0 saturated heterocycles. The number of aliphatic carboxylic acids is 1. The molecule has 0 radical (unpaired) electrons. The van der Waals surface area contributed by atoms with Gasteiger partial charge in [-0.15, -0.1) is 0 Å². The van der Waals surface area contributed by atoms with Crippen molar-refractivity contribution in [1.82, 2.24) is 15.5 Å². The molecule has 5 N–H and O–H groups in total. The van der Waals surface area contributed by atoms with Crippen LogP contribution in [0.2, 0.25) is 0 Å². The number of hydrogen-bond donors (Lipinski definition) is 4. The summed E-state index contributed by atoms with van der Waals surface area (Å²) in [5, 5.41) is 14.7. The summed E-state index contributed by atoms with van der Waals surface area (Å²) in [6.07, 6.45) is 6.31. The van der Waals surface area contributed by atoms with Crippen LogP contribution in [0.1, 0.15) is 54.6 Å². The van der Waals surface area contributed by atoms with E-state index < -0.39 is 54.8 Å². The second-order valence-electron chi connectivity index (χ2n) is 9.43. The molecule has 1 saturated carbocycles. The van der Waals surface area contributed by atoms with Crippen LogP contribution in [-0.2, 0) is 25.6 Å². The number of carboxylic acids is 1. The average molecular weight is 527 g/mol. The highest BCUT2D eigenvalue weighted by atomic mass is 16.4. The molecule has 2 atom stereocenters. The SMILES string of the molecule is N[C@@H](Cc1ccccc1)C(=O)NCC(=O)NCC(=O)N(C(=O)c1ccco1)[C@@H](CC1CCCCC1)C(=O)O. The molecule has 1 aromatic heterocycles. The maximum Gasteiger partial charge on any atom is 0.326 e. The van der Waals surface area contributed by atoms with Crippen LogP contribution in [0.4, 0.5) is 0 Å². The number of nitrogens with zero attached hydrogens (tertiary/aromatic N) is 1. The fourth-order valence-electron chi connectivity index (χ4n) is 4.58. The Morgan fingerprint density at radius 2 is 1.68 bits per heavy atom. The van der Waals surface area contributed by atoms with Crippen molar-refractivity contribution in [3.8, 4) is 0 Å². The second kappa shape index (κ2) is 14.1. The van der Waals surface area contributed by atoms with Crippen molar-refractivity contribution < 1.29 is 33.5 Å². The third-order valence-electron chi connectivity index (χ3n) is 6.59.